The molecule has 0 fully saturated rings. The highest BCUT2D eigenvalue weighted by molar-refractivity contribution is 5.91. The summed E-state index contributed by atoms with van der Waals surface area (Å²) in [6.45, 7) is 1.62. The topological polar surface area (TPSA) is 120 Å². The second-order valence-electron chi connectivity index (χ2n) is 4.19. The van der Waals surface area contributed by atoms with Gasteiger partial charge in [0.1, 0.15) is 17.4 Å². The number of H-pyrrole nitrogens is 1. The van der Waals surface area contributed by atoms with E-state index >= 15 is 0 Å². The van der Waals surface area contributed by atoms with E-state index in [4.69, 9.17) is 11.0 Å². The molecule has 1 aromatic heterocycles. The molecule has 0 saturated carbocycles. The summed E-state index contributed by atoms with van der Waals surface area (Å²) >= 11 is 0. The molecule has 6 heteroatoms. The summed E-state index contributed by atoms with van der Waals surface area (Å²) in [5, 5.41) is 19.2. The van der Waals surface area contributed by atoms with Gasteiger partial charge in [0.05, 0.1) is 11.9 Å². The fourth-order valence-electron chi connectivity index (χ4n) is 2.10. The molecule has 0 aliphatic carbocycles. The predicted molar refractivity (Wildman–Crippen MR) is 68.6 cm³/mol. The number of pyridine rings is 1. The normalized spacial score (nSPS) is 10.3. The number of hydrogen-bond donors (Lipinski definition) is 3. The number of phenolic OH excluding ortho intramolecular Hbond substituents is 1. The third kappa shape index (κ3) is 2.02. The molecule has 0 bridgehead atoms. The minimum Gasteiger partial charge on any atom is -0.507 e. The molecular weight excluding hydrogens is 246 g/mol. The Kier molecular flexibility index (Phi) is 2.97. The van der Waals surface area contributed by atoms with Gasteiger partial charge in [0.25, 0.3) is 5.56 Å². The Bertz CT molecular complexity index is 784. The molecule has 0 atom stereocenters. The zero-order valence-corrected chi connectivity index (χ0v) is 10.2. The van der Waals surface area contributed by atoms with Crippen molar-refractivity contribution >= 4 is 16.8 Å². The quantitative estimate of drug-likeness (QED) is 0.722. The lowest BCUT2D eigenvalue weighted by Crippen LogP contribution is -2.22. The van der Waals surface area contributed by atoms with Crippen molar-refractivity contribution in [2.24, 2.45) is 5.73 Å². The summed E-state index contributed by atoms with van der Waals surface area (Å²) in [5.41, 5.74) is 5.87. The Hall–Kier alpha value is -2.81. The van der Waals surface area contributed by atoms with Crippen LogP contribution in [0.25, 0.3) is 10.9 Å². The van der Waals surface area contributed by atoms with Crippen molar-refractivity contribution in [1.82, 2.24) is 4.98 Å². The lowest BCUT2D eigenvalue weighted by Gasteiger charge is -2.09. The van der Waals surface area contributed by atoms with Crippen molar-refractivity contribution in [3.05, 3.63) is 39.2 Å². The zero-order valence-electron chi connectivity index (χ0n) is 10.2. The van der Waals surface area contributed by atoms with Crippen LogP contribution in [-0.4, -0.2) is 16.0 Å². The van der Waals surface area contributed by atoms with Gasteiger partial charge >= 0.3 is 0 Å². The van der Waals surface area contributed by atoms with Crippen LogP contribution in [0.1, 0.15) is 16.7 Å². The number of nitrogens with one attached hydrogen (secondary N) is 1. The Morgan fingerprint density at radius 2 is 2.21 bits per heavy atom. The number of hydrogen-bond acceptors (Lipinski definition) is 4. The number of nitrogens with two attached hydrogens (primary N) is 1. The van der Waals surface area contributed by atoms with Gasteiger partial charge in [0.15, 0.2) is 0 Å². The average Bonchev–Trinajstić information content (AvgIpc) is 2.35. The number of primary amides is 1. The minimum atomic E-state index is -0.633. The summed E-state index contributed by atoms with van der Waals surface area (Å²) < 4.78 is 0. The summed E-state index contributed by atoms with van der Waals surface area (Å²) in [6.07, 6.45) is -0.211. The van der Waals surface area contributed by atoms with Gasteiger partial charge in [-0.25, -0.2) is 0 Å². The number of rotatable bonds is 2. The standard InChI is InChI=1S/C13H11N3O3/c1-6-7(4-11(15)18)13(19)16-9-2-3-10(17)8(5-14)12(6)9/h2-3,17H,4H2,1H3,(H2,15,18)(H,16,19). The SMILES string of the molecule is Cc1c(CC(N)=O)c(=O)[nH]c2ccc(O)c(C#N)c12. The lowest BCUT2D eigenvalue weighted by atomic mass is 9.98. The Balaban J connectivity index is 2.93. The molecule has 0 aliphatic heterocycles. The van der Waals surface area contributed by atoms with Gasteiger partial charge in [-0.3, -0.25) is 9.59 Å². The molecular formula is C13H11N3O3. The van der Waals surface area contributed by atoms with E-state index in [-0.39, 0.29) is 23.3 Å². The van der Waals surface area contributed by atoms with Crippen LogP contribution in [0.15, 0.2) is 16.9 Å². The maximum absolute atomic E-state index is 11.9. The number of aromatic amines is 1. The number of carbonyl (C=O) groups excluding carboxylic acids is 1. The maximum Gasteiger partial charge on any atom is 0.252 e. The first-order chi connectivity index (χ1) is 8.95. The highest BCUT2D eigenvalue weighted by atomic mass is 16.3. The second-order valence-corrected chi connectivity index (χ2v) is 4.19. The molecule has 0 saturated heterocycles. The number of aromatic nitrogens is 1. The molecule has 0 aliphatic rings. The predicted octanol–water partition coefficient (Wildman–Crippen LogP) is 0.442. The number of carbonyl (C=O) groups is 1. The Morgan fingerprint density at radius 1 is 1.53 bits per heavy atom. The van der Waals surface area contributed by atoms with Crippen LogP contribution >= 0.6 is 0 Å². The summed E-state index contributed by atoms with van der Waals surface area (Å²) in [6, 6.07) is 4.74. The smallest absolute Gasteiger partial charge is 0.252 e. The van der Waals surface area contributed by atoms with Gasteiger partial charge in [0.2, 0.25) is 5.91 Å². The molecule has 96 valence electrons. The molecule has 6 nitrogen and oxygen atoms in total. The maximum atomic E-state index is 11.9. The molecule has 0 radical (unpaired) electrons. The average molecular weight is 257 g/mol. The largest absolute Gasteiger partial charge is 0.507 e. The van der Waals surface area contributed by atoms with E-state index in [1.165, 1.54) is 12.1 Å². The van der Waals surface area contributed by atoms with Crippen LogP contribution in [0.5, 0.6) is 5.75 Å². The summed E-state index contributed by atoms with van der Waals surface area (Å²) in [4.78, 5) is 25.4. The van der Waals surface area contributed by atoms with E-state index in [1.807, 2.05) is 6.07 Å². The number of nitrogens with zero attached hydrogens (tertiary/aromatic N) is 1. The summed E-state index contributed by atoms with van der Waals surface area (Å²) in [5.74, 6) is -0.804. The van der Waals surface area contributed by atoms with E-state index in [9.17, 15) is 14.7 Å². The van der Waals surface area contributed by atoms with Gasteiger partial charge in [-0.2, -0.15) is 5.26 Å². The number of phenols is 1. The van der Waals surface area contributed by atoms with Crippen molar-refractivity contribution in [1.29, 1.82) is 5.26 Å². The van der Waals surface area contributed by atoms with Crippen molar-refractivity contribution in [3.8, 4) is 11.8 Å². The number of nitriles is 1. The molecule has 2 rings (SSSR count). The van der Waals surface area contributed by atoms with Crippen molar-refractivity contribution in [2.75, 3.05) is 0 Å². The van der Waals surface area contributed by atoms with Gasteiger partial charge in [-0.15, -0.1) is 0 Å². The first-order valence-corrected chi connectivity index (χ1v) is 5.51. The zero-order chi connectivity index (χ0) is 14.2. The van der Waals surface area contributed by atoms with E-state index < -0.39 is 11.5 Å². The first kappa shape index (κ1) is 12.6. The van der Waals surface area contributed by atoms with Crippen molar-refractivity contribution < 1.29 is 9.90 Å². The van der Waals surface area contributed by atoms with Crippen LogP contribution in [-0.2, 0) is 11.2 Å². The molecule has 2 aromatic rings. The van der Waals surface area contributed by atoms with E-state index in [0.717, 1.165) is 0 Å². The molecule has 1 aromatic carbocycles. The number of fused-ring (bicyclic) bond motifs is 1. The van der Waals surface area contributed by atoms with Gasteiger partial charge in [0, 0.05) is 10.9 Å². The molecule has 19 heavy (non-hydrogen) atoms. The third-order valence-corrected chi connectivity index (χ3v) is 3.00. The van der Waals surface area contributed by atoms with Gasteiger partial charge < -0.3 is 15.8 Å². The van der Waals surface area contributed by atoms with Crippen molar-refractivity contribution in [2.45, 2.75) is 13.3 Å². The Labute approximate surface area is 108 Å². The second kappa shape index (κ2) is 4.46. The van der Waals surface area contributed by atoms with Gasteiger partial charge in [-0.1, -0.05) is 0 Å². The number of aromatic hydroxyl groups is 1. The number of amides is 1. The highest BCUT2D eigenvalue weighted by Gasteiger charge is 2.16. The molecule has 0 unspecified atom stereocenters. The number of benzene rings is 1. The fraction of sp³-hybridized carbons (Fsp3) is 0.154. The molecule has 1 heterocycles. The Morgan fingerprint density at radius 3 is 2.79 bits per heavy atom. The van der Waals surface area contributed by atoms with Crippen LogP contribution in [0.4, 0.5) is 0 Å². The fourth-order valence-corrected chi connectivity index (χ4v) is 2.10. The van der Waals surface area contributed by atoms with Crippen LogP contribution < -0.4 is 11.3 Å². The monoisotopic (exact) mass is 257 g/mol. The van der Waals surface area contributed by atoms with Crippen LogP contribution in [0, 0.1) is 18.3 Å². The molecule has 1 amide bonds. The summed E-state index contributed by atoms with van der Waals surface area (Å²) in [7, 11) is 0. The minimum absolute atomic E-state index is 0.0666. The van der Waals surface area contributed by atoms with E-state index in [1.54, 1.807) is 6.92 Å². The van der Waals surface area contributed by atoms with Crippen molar-refractivity contribution in [3.63, 3.8) is 0 Å². The van der Waals surface area contributed by atoms with Crippen LogP contribution in [0.2, 0.25) is 0 Å². The number of aryl methyl sites for hydroxylation is 1. The van der Waals surface area contributed by atoms with E-state index in [0.29, 0.717) is 16.5 Å². The van der Waals surface area contributed by atoms with E-state index in [2.05, 4.69) is 4.98 Å². The third-order valence-electron chi connectivity index (χ3n) is 3.00. The van der Waals surface area contributed by atoms with Crippen LogP contribution in [0.3, 0.4) is 0 Å². The highest BCUT2D eigenvalue weighted by Crippen LogP contribution is 2.28. The lowest BCUT2D eigenvalue weighted by molar-refractivity contribution is -0.117. The first-order valence-electron chi connectivity index (χ1n) is 5.51. The molecule has 0 spiro atoms. The molecule has 4 N–H and O–H groups in total. The van der Waals surface area contributed by atoms with Gasteiger partial charge in [-0.05, 0) is 24.6 Å².